The van der Waals surface area contributed by atoms with Gasteiger partial charge in [0, 0.05) is 0 Å². The number of rotatable bonds is 0. The third-order valence-corrected chi connectivity index (χ3v) is 0.929. The van der Waals surface area contributed by atoms with E-state index in [0.29, 0.717) is 0 Å². The molecule has 0 nitrogen and oxygen atoms in total. The van der Waals surface area contributed by atoms with Gasteiger partial charge in [-0.3, -0.25) is 0 Å². The van der Waals surface area contributed by atoms with Gasteiger partial charge in [-0.25, -0.2) is 0 Å². The molecule has 0 aromatic carbocycles. The Morgan fingerprint density at radius 3 is 2.25 bits per heavy atom. The lowest BCUT2D eigenvalue weighted by molar-refractivity contribution is 1.39. The number of allylic oxidation sites excluding steroid dienone is 5. The van der Waals surface area contributed by atoms with E-state index in [1.807, 2.05) is 24.3 Å². The molecule has 1 aliphatic carbocycles. The van der Waals surface area contributed by atoms with Crippen LogP contribution in [0.5, 0.6) is 0 Å². The molecule has 0 radical (unpaired) electrons. The number of hydrogen-bond acceptors (Lipinski definition) is 0. The van der Waals surface area contributed by atoms with Gasteiger partial charge in [0.2, 0.25) is 0 Å². The normalized spacial score (nSPS) is 16.0. The van der Waals surface area contributed by atoms with E-state index in [9.17, 15) is 0 Å². The second-order valence-electron chi connectivity index (χ2n) is 1.59. The van der Waals surface area contributed by atoms with E-state index in [0.717, 1.165) is 6.42 Å². The van der Waals surface area contributed by atoms with Crippen molar-refractivity contribution in [2.45, 2.75) is 6.42 Å². The van der Waals surface area contributed by atoms with E-state index in [1.165, 1.54) is 0 Å². The molecular formula is C8H8. The van der Waals surface area contributed by atoms with Gasteiger partial charge in [0.1, 0.15) is 0 Å². The van der Waals surface area contributed by atoms with Crippen molar-refractivity contribution in [3.8, 4) is 0 Å². The molecule has 8 heavy (non-hydrogen) atoms. The Kier molecular flexibility index (Phi) is 1.97. The first-order chi connectivity index (χ1) is 4.00. The maximum absolute atomic E-state index is 2.96. The molecule has 0 heteroatoms. The van der Waals surface area contributed by atoms with Gasteiger partial charge in [-0.1, -0.05) is 24.3 Å². The van der Waals surface area contributed by atoms with E-state index in [4.69, 9.17) is 0 Å². The summed E-state index contributed by atoms with van der Waals surface area (Å²) in [7, 11) is 0. The van der Waals surface area contributed by atoms with Crippen LogP contribution < -0.4 is 0 Å². The average molecular weight is 104 g/mol. The minimum atomic E-state index is 1.04. The van der Waals surface area contributed by atoms with Gasteiger partial charge in [-0.15, -0.1) is 5.73 Å². The Morgan fingerprint density at radius 2 is 1.62 bits per heavy atom. The van der Waals surface area contributed by atoms with Crippen LogP contribution in [0.1, 0.15) is 6.42 Å². The molecule has 0 heterocycles. The van der Waals surface area contributed by atoms with Crippen LogP contribution in [-0.2, 0) is 0 Å². The smallest absolute Gasteiger partial charge is 0.0162 e. The Morgan fingerprint density at radius 1 is 1.00 bits per heavy atom. The molecule has 0 unspecified atom stereocenters. The maximum atomic E-state index is 2.96. The quantitative estimate of drug-likeness (QED) is 0.413. The van der Waals surface area contributed by atoms with Crippen LogP contribution in [0.15, 0.2) is 42.2 Å². The van der Waals surface area contributed by atoms with Gasteiger partial charge < -0.3 is 0 Å². The van der Waals surface area contributed by atoms with E-state index in [-0.39, 0.29) is 0 Å². The molecule has 0 spiro atoms. The third-order valence-electron chi connectivity index (χ3n) is 0.929. The molecule has 0 aromatic heterocycles. The van der Waals surface area contributed by atoms with Crippen molar-refractivity contribution in [1.29, 1.82) is 0 Å². The summed E-state index contributed by atoms with van der Waals surface area (Å²) in [5.41, 5.74) is 2.96. The highest BCUT2D eigenvalue weighted by atomic mass is 13.7. The monoisotopic (exact) mass is 104 g/mol. The molecule has 0 saturated carbocycles. The maximum Gasteiger partial charge on any atom is -0.0162 e. The van der Waals surface area contributed by atoms with Crippen LogP contribution in [0.3, 0.4) is 0 Å². The summed E-state index contributed by atoms with van der Waals surface area (Å²) in [6.45, 7) is 0. The third kappa shape index (κ3) is 1.63. The van der Waals surface area contributed by atoms with Crippen LogP contribution in [0, 0.1) is 0 Å². The Bertz CT molecular complexity index is 148. The van der Waals surface area contributed by atoms with E-state index < -0.39 is 0 Å². The highest BCUT2D eigenvalue weighted by Gasteiger charge is 1.68. The van der Waals surface area contributed by atoms with Crippen molar-refractivity contribution in [2.24, 2.45) is 0 Å². The van der Waals surface area contributed by atoms with E-state index in [2.05, 4.69) is 17.9 Å². The molecule has 1 rings (SSSR count). The second kappa shape index (κ2) is 3.06. The molecule has 0 aliphatic heterocycles. The zero-order valence-corrected chi connectivity index (χ0v) is 4.67. The summed E-state index contributed by atoms with van der Waals surface area (Å²) in [6.07, 6.45) is 13.0. The Hall–Kier alpha value is -1.00. The first kappa shape index (κ1) is 5.14. The molecule has 0 atom stereocenters. The van der Waals surface area contributed by atoms with Gasteiger partial charge in [0.15, 0.2) is 0 Å². The zero-order chi connectivity index (χ0) is 5.66. The summed E-state index contributed by atoms with van der Waals surface area (Å²) in [5.74, 6) is 0. The fourth-order valence-corrected chi connectivity index (χ4v) is 0.538. The van der Waals surface area contributed by atoms with Gasteiger partial charge >= 0.3 is 0 Å². The molecule has 0 aromatic rings. The van der Waals surface area contributed by atoms with Crippen LogP contribution in [0.2, 0.25) is 0 Å². The van der Waals surface area contributed by atoms with Crippen molar-refractivity contribution in [1.82, 2.24) is 0 Å². The van der Waals surface area contributed by atoms with Crippen molar-refractivity contribution >= 4 is 0 Å². The summed E-state index contributed by atoms with van der Waals surface area (Å²) in [4.78, 5) is 0. The fourth-order valence-electron chi connectivity index (χ4n) is 0.538. The molecule has 1 aliphatic rings. The molecule has 0 fully saturated rings. The Balaban J connectivity index is 2.73. The SMILES string of the molecule is C1=CC=CCC=CC=1. The number of hydrogen-bond donors (Lipinski definition) is 0. The molecular weight excluding hydrogens is 96.1 g/mol. The highest BCUT2D eigenvalue weighted by Crippen LogP contribution is 1.89. The summed E-state index contributed by atoms with van der Waals surface area (Å²) < 4.78 is 0. The lowest BCUT2D eigenvalue weighted by Crippen LogP contribution is -1.58. The van der Waals surface area contributed by atoms with Gasteiger partial charge in [-0.2, -0.15) is 0 Å². The Labute approximate surface area is 49.5 Å². The van der Waals surface area contributed by atoms with Crippen molar-refractivity contribution in [2.75, 3.05) is 0 Å². The van der Waals surface area contributed by atoms with Crippen molar-refractivity contribution in [3.05, 3.63) is 42.2 Å². The first-order valence-corrected chi connectivity index (χ1v) is 2.73. The topological polar surface area (TPSA) is 0 Å². The lowest BCUT2D eigenvalue weighted by atomic mass is 10.3. The first-order valence-electron chi connectivity index (χ1n) is 2.73. The summed E-state index contributed by atoms with van der Waals surface area (Å²) in [6, 6.07) is 0. The largest absolute Gasteiger partial charge is 0.121 e. The van der Waals surface area contributed by atoms with Gasteiger partial charge in [0.05, 0.1) is 0 Å². The van der Waals surface area contributed by atoms with Crippen LogP contribution in [0.25, 0.3) is 0 Å². The van der Waals surface area contributed by atoms with Crippen molar-refractivity contribution in [3.63, 3.8) is 0 Å². The van der Waals surface area contributed by atoms with E-state index >= 15 is 0 Å². The van der Waals surface area contributed by atoms with Crippen LogP contribution >= 0.6 is 0 Å². The summed E-state index contributed by atoms with van der Waals surface area (Å²) >= 11 is 0. The lowest BCUT2D eigenvalue weighted by Gasteiger charge is -1.78. The van der Waals surface area contributed by atoms with E-state index in [1.54, 1.807) is 0 Å². The molecule has 0 saturated heterocycles. The van der Waals surface area contributed by atoms with Crippen molar-refractivity contribution < 1.29 is 0 Å². The van der Waals surface area contributed by atoms with Gasteiger partial charge in [-0.05, 0) is 18.6 Å². The van der Waals surface area contributed by atoms with Gasteiger partial charge in [0.25, 0.3) is 0 Å². The average Bonchev–Trinajstić information content (AvgIpc) is 1.62. The molecule has 0 amide bonds. The standard InChI is InChI=1S/C8H8/c1-2-4-6-8-7-5-3-1/h1-3,6-8H,4H2. The second-order valence-corrected chi connectivity index (χ2v) is 1.59. The fraction of sp³-hybridized carbons (Fsp3) is 0.125. The zero-order valence-electron chi connectivity index (χ0n) is 4.67. The molecule has 40 valence electrons. The summed E-state index contributed by atoms with van der Waals surface area (Å²) in [5, 5.41) is 0. The molecule has 0 N–H and O–H groups in total. The van der Waals surface area contributed by atoms with Crippen LogP contribution in [0.4, 0.5) is 0 Å². The molecule has 0 bridgehead atoms. The highest BCUT2D eigenvalue weighted by molar-refractivity contribution is 5.13. The predicted octanol–water partition coefficient (Wildman–Crippen LogP) is 2.21. The minimum Gasteiger partial charge on any atom is -0.121 e. The predicted molar refractivity (Wildman–Crippen MR) is 35.5 cm³/mol. The minimum absolute atomic E-state index is 1.04. The van der Waals surface area contributed by atoms with Crippen LogP contribution in [-0.4, -0.2) is 0 Å².